The summed E-state index contributed by atoms with van der Waals surface area (Å²) in [6.45, 7) is 0. The fourth-order valence-electron chi connectivity index (χ4n) is 3.44. The van der Waals surface area contributed by atoms with E-state index >= 15 is 0 Å². The highest BCUT2D eigenvalue weighted by atomic mass is 32.2. The summed E-state index contributed by atoms with van der Waals surface area (Å²) >= 11 is 1.58. The summed E-state index contributed by atoms with van der Waals surface area (Å²) in [6.07, 6.45) is 2.90. The zero-order valence-electron chi connectivity index (χ0n) is 19.1. The Kier molecular flexibility index (Phi) is 9.68. The molecule has 0 bridgehead atoms. The van der Waals surface area contributed by atoms with Gasteiger partial charge in [0, 0.05) is 17.9 Å². The van der Waals surface area contributed by atoms with Gasteiger partial charge in [-0.1, -0.05) is 60.7 Å². The van der Waals surface area contributed by atoms with Gasteiger partial charge in [0.2, 0.25) is 6.41 Å². The number of carbonyl (C=O) groups excluding carboxylic acids is 3. The zero-order chi connectivity index (χ0) is 24.3. The molecule has 176 valence electrons. The first-order valence-electron chi connectivity index (χ1n) is 10.8. The predicted molar refractivity (Wildman–Crippen MR) is 140 cm³/mol. The molecule has 0 saturated carbocycles. The molecule has 0 aliphatic rings. The summed E-state index contributed by atoms with van der Waals surface area (Å²) in [5.74, 6) is 0.277. The quantitative estimate of drug-likeness (QED) is 0.185. The number of thioether (sulfide) groups is 1. The molecule has 0 fully saturated rings. The van der Waals surface area contributed by atoms with Crippen molar-refractivity contribution in [1.82, 2.24) is 10.6 Å². The molecule has 3 aromatic carbocycles. The summed E-state index contributed by atoms with van der Waals surface area (Å²) in [6, 6.07) is 24.3. The Morgan fingerprint density at radius 3 is 2.15 bits per heavy atom. The number of amides is 2. The molecular formula is C26H27N2O4PS. The number of nitrogens with one attached hydrogen (secondary N) is 2. The third-order valence-electron chi connectivity index (χ3n) is 5.09. The van der Waals surface area contributed by atoms with Crippen molar-refractivity contribution in [3.05, 3.63) is 84.4 Å². The standard InChI is InChI=1S/C26H27N2O4PS/c1-27-25(30)22-14-13-19(32-26(31)23(28-18-29)15-16-34-2)17-24(22)33(20-9-5-3-6-10-20)21-11-7-4-8-12-21/h3-14,17-18,23H,15-16H2,1-2H3,(H,27,30)(H,28,29)/t23-/m0/s1. The Hall–Kier alpha value is -3.15. The van der Waals surface area contributed by atoms with E-state index in [1.54, 1.807) is 37.0 Å². The molecule has 3 rings (SSSR count). The minimum atomic E-state index is -1.10. The van der Waals surface area contributed by atoms with Gasteiger partial charge in [0.15, 0.2) is 0 Å². The van der Waals surface area contributed by atoms with E-state index in [2.05, 4.69) is 10.6 Å². The smallest absolute Gasteiger partial charge is 0.334 e. The van der Waals surface area contributed by atoms with Crippen molar-refractivity contribution >= 4 is 53.9 Å². The molecular weight excluding hydrogens is 467 g/mol. The van der Waals surface area contributed by atoms with E-state index in [0.717, 1.165) is 15.9 Å². The molecule has 0 aliphatic carbocycles. The maximum absolute atomic E-state index is 12.8. The highest BCUT2D eigenvalue weighted by molar-refractivity contribution is 7.98. The van der Waals surface area contributed by atoms with E-state index in [1.165, 1.54) is 0 Å². The lowest BCUT2D eigenvalue weighted by Gasteiger charge is -2.23. The van der Waals surface area contributed by atoms with E-state index in [0.29, 0.717) is 29.9 Å². The number of benzene rings is 3. The molecule has 2 amide bonds. The van der Waals surface area contributed by atoms with Gasteiger partial charge in [-0.2, -0.15) is 11.8 Å². The average molecular weight is 495 g/mol. The van der Waals surface area contributed by atoms with Gasteiger partial charge in [0.05, 0.1) is 0 Å². The van der Waals surface area contributed by atoms with E-state index in [9.17, 15) is 14.4 Å². The van der Waals surface area contributed by atoms with Crippen LogP contribution >= 0.6 is 19.7 Å². The molecule has 2 N–H and O–H groups in total. The van der Waals surface area contributed by atoms with Crippen LogP contribution in [0.15, 0.2) is 78.9 Å². The SMILES string of the molecule is CNC(=O)c1ccc(OC(=O)[C@H](CCSC)NC=O)cc1P(c1ccccc1)c1ccccc1. The second kappa shape index (κ2) is 12.9. The Balaban J connectivity index is 2.06. The molecule has 6 nitrogen and oxygen atoms in total. The average Bonchev–Trinajstić information content (AvgIpc) is 2.87. The number of carbonyl (C=O) groups is 3. The van der Waals surface area contributed by atoms with E-state index < -0.39 is 19.9 Å². The fourth-order valence-corrected chi connectivity index (χ4v) is 6.38. The third kappa shape index (κ3) is 6.46. The first-order chi connectivity index (χ1) is 16.6. The minimum absolute atomic E-state index is 0.215. The van der Waals surface area contributed by atoms with Gasteiger partial charge in [-0.15, -0.1) is 0 Å². The van der Waals surface area contributed by atoms with E-state index in [4.69, 9.17) is 4.74 Å². The molecule has 0 heterocycles. The molecule has 0 unspecified atom stereocenters. The van der Waals surface area contributed by atoms with Crippen molar-refractivity contribution < 1.29 is 19.1 Å². The summed E-state index contributed by atoms with van der Waals surface area (Å²) in [7, 11) is 0.487. The Labute approximate surface area is 205 Å². The first kappa shape index (κ1) is 25.5. The molecule has 1 atom stereocenters. The molecule has 0 aromatic heterocycles. The van der Waals surface area contributed by atoms with Crippen LogP contribution < -0.4 is 31.3 Å². The molecule has 0 radical (unpaired) electrons. The van der Waals surface area contributed by atoms with Gasteiger partial charge >= 0.3 is 5.97 Å². The van der Waals surface area contributed by atoms with Crippen molar-refractivity contribution in [1.29, 1.82) is 0 Å². The summed E-state index contributed by atoms with van der Waals surface area (Å²) in [5, 5.41) is 8.16. The van der Waals surface area contributed by atoms with Crippen LogP contribution in [0.2, 0.25) is 0 Å². The lowest BCUT2D eigenvalue weighted by atomic mass is 10.2. The van der Waals surface area contributed by atoms with Crippen molar-refractivity contribution in [2.45, 2.75) is 12.5 Å². The normalized spacial score (nSPS) is 11.5. The van der Waals surface area contributed by atoms with Gasteiger partial charge in [0.25, 0.3) is 5.91 Å². The minimum Gasteiger partial charge on any atom is -0.425 e. The largest absolute Gasteiger partial charge is 0.425 e. The van der Waals surface area contributed by atoms with Gasteiger partial charge in [-0.3, -0.25) is 9.59 Å². The number of hydrogen-bond acceptors (Lipinski definition) is 5. The number of rotatable bonds is 11. The third-order valence-corrected chi connectivity index (χ3v) is 8.22. The summed E-state index contributed by atoms with van der Waals surface area (Å²) in [5.41, 5.74) is 0.520. The molecule has 0 spiro atoms. The van der Waals surface area contributed by atoms with Crippen molar-refractivity contribution in [3.63, 3.8) is 0 Å². The molecule has 8 heteroatoms. The monoisotopic (exact) mass is 494 g/mol. The van der Waals surface area contributed by atoms with Crippen LogP contribution in [0, 0.1) is 0 Å². The summed E-state index contributed by atoms with van der Waals surface area (Å²) in [4.78, 5) is 36.5. The van der Waals surface area contributed by atoms with Gasteiger partial charge < -0.3 is 15.4 Å². The lowest BCUT2D eigenvalue weighted by Crippen LogP contribution is -2.39. The highest BCUT2D eigenvalue weighted by Crippen LogP contribution is 2.35. The highest BCUT2D eigenvalue weighted by Gasteiger charge is 2.25. The lowest BCUT2D eigenvalue weighted by molar-refractivity contribution is -0.138. The summed E-state index contributed by atoms with van der Waals surface area (Å²) < 4.78 is 5.67. The van der Waals surface area contributed by atoms with Crippen LogP contribution in [-0.4, -0.2) is 43.4 Å². The second-order valence-electron chi connectivity index (χ2n) is 7.30. The second-order valence-corrected chi connectivity index (χ2v) is 10.5. The van der Waals surface area contributed by atoms with Crippen molar-refractivity contribution in [2.24, 2.45) is 0 Å². The van der Waals surface area contributed by atoms with Crippen LogP contribution in [0.25, 0.3) is 0 Å². The van der Waals surface area contributed by atoms with Crippen molar-refractivity contribution in [2.75, 3.05) is 19.1 Å². The van der Waals surface area contributed by atoms with Crippen LogP contribution in [0.1, 0.15) is 16.8 Å². The van der Waals surface area contributed by atoms with Crippen molar-refractivity contribution in [3.8, 4) is 5.75 Å². The predicted octanol–water partition coefficient (Wildman–Crippen LogP) is 2.58. The Bertz CT molecular complexity index is 1070. The number of ether oxygens (including phenoxy) is 1. The van der Waals surface area contributed by atoms with Gasteiger partial charge in [-0.25, -0.2) is 4.79 Å². The molecule has 3 aromatic rings. The van der Waals surface area contributed by atoms with E-state index in [1.807, 2.05) is 66.9 Å². The Morgan fingerprint density at radius 1 is 1.00 bits per heavy atom. The van der Waals surface area contributed by atoms with Crippen LogP contribution in [0.3, 0.4) is 0 Å². The number of hydrogen-bond donors (Lipinski definition) is 2. The molecule has 0 aliphatic heterocycles. The fraction of sp³-hybridized carbons (Fsp3) is 0.192. The molecule has 34 heavy (non-hydrogen) atoms. The van der Waals surface area contributed by atoms with E-state index in [-0.39, 0.29) is 5.91 Å². The van der Waals surface area contributed by atoms with Gasteiger partial charge in [0.1, 0.15) is 11.8 Å². The maximum Gasteiger partial charge on any atom is 0.334 e. The van der Waals surface area contributed by atoms with Crippen LogP contribution in [-0.2, 0) is 9.59 Å². The van der Waals surface area contributed by atoms with Crippen LogP contribution in [0.4, 0.5) is 0 Å². The Morgan fingerprint density at radius 2 is 1.62 bits per heavy atom. The van der Waals surface area contributed by atoms with Gasteiger partial charge in [-0.05, 0) is 55.2 Å². The molecule has 0 saturated heterocycles. The first-order valence-corrected chi connectivity index (χ1v) is 13.5. The van der Waals surface area contributed by atoms with Crippen LogP contribution in [0.5, 0.6) is 5.75 Å². The maximum atomic E-state index is 12.8. The number of esters is 1. The topological polar surface area (TPSA) is 84.5 Å². The zero-order valence-corrected chi connectivity index (χ0v) is 20.8.